The summed E-state index contributed by atoms with van der Waals surface area (Å²) in [5.41, 5.74) is 7.85. The van der Waals surface area contributed by atoms with Gasteiger partial charge in [0.2, 0.25) is 0 Å². The van der Waals surface area contributed by atoms with Crippen molar-refractivity contribution in [3.8, 4) is 0 Å². The largest absolute Gasteiger partial charge is 0.260 e. The highest BCUT2D eigenvalue weighted by Crippen LogP contribution is 2.31. The van der Waals surface area contributed by atoms with Gasteiger partial charge in [0.25, 0.3) is 0 Å². The van der Waals surface area contributed by atoms with Crippen LogP contribution in [0, 0.1) is 0 Å². The zero-order chi connectivity index (χ0) is 18.9. The fourth-order valence-electron chi connectivity index (χ4n) is 3.38. The van der Waals surface area contributed by atoms with E-state index in [1.807, 2.05) is 66.7 Å². The molecule has 1 aliphatic rings. The lowest BCUT2D eigenvalue weighted by atomic mass is 9.97. The normalized spacial score (nSPS) is 13.2. The van der Waals surface area contributed by atoms with Gasteiger partial charge in [0.1, 0.15) is 0 Å². The third kappa shape index (κ3) is 3.06. The maximum Gasteiger partial charge on any atom is 0.154 e. The first-order valence-corrected chi connectivity index (χ1v) is 9.43. The van der Waals surface area contributed by atoms with Gasteiger partial charge in [-0.05, 0) is 35.0 Å². The van der Waals surface area contributed by atoms with Crippen molar-refractivity contribution >= 4 is 39.6 Å². The number of hydrogen-bond donors (Lipinski definition) is 1. The summed E-state index contributed by atoms with van der Waals surface area (Å²) in [6.07, 6.45) is 0. The van der Waals surface area contributed by atoms with Gasteiger partial charge in [-0.1, -0.05) is 78.3 Å². The number of aliphatic imine (C=N–C) groups is 1. The molecule has 3 nitrogen and oxygen atoms in total. The molecule has 4 aromatic carbocycles. The minimum absolute atomic E-state index is 0.700. The average molecular weight is 382 g/mol. The summed E-state index contributed by atoms with van der Waals surface area (Å²) in [6, 6.07) is 30.3. The number of nitrogens with one attached hydrogen (secondary N) is 1. The Morgan fingerprint density at radius 2 is 1.36 bits per heavy atom. The molecule has 0 amide bonds. The first-order valence-electron chi connectivity index (χ1n) is 9.05. The Morgan fingerprint density at radius 1 is 0.679 bits per heavy atom. The zero-order valence-electron chi connectivity index (χ0n) is 14.9. The lowest BCUT2D eigenvalue weighted by Gasteiger charge is -2.10. The molecule has 4 aromatic rings. The van der Waals surface area contributed by atoms with Crippen molar-refractivity contribution in [3.63, 3.8) is 0 Å². The Labute approximate surface area is 168 Å². The first kappa shape index (κ1) is 16.7. The quantitative estimate of drug-likeness (QED) is 0.459. The molecule has 4 heteroatoms. The fourth-order valence-corrected chi connectivity index (χ4v) is 3.50. The number of amidine groups is 1. The second kappa shape index (κ2) is 6.95. The van der Waals surface area contributed by atoms with Gasteiger partial charge in [-0.2, -0.15) is 5.10 Å². The van der Waals surface area contributed by atoms with Crippen LogP contribution in [0.4, 0.5) is 5.69 Å². The SMILES string of the molecule is Clc1ccc(C2=NNC(c3ccccc3)=Nc3cc4ccccc4cc32)cc1. The molecule has 28 heavy (non-hydrogen) atoms. The molecule has 5 rings (SSSR count). The van der Waals surface area contributed by atoms with Gasteiger partial charge >= 0.3 is 0 Å². The standard InChI is InChI=1S/C24H16ClN3/c25-20-12-10-16(11-13-20)23-21-14-18-8-4-5-9-19(18)15-22(21)26-24(28-27-23)17-6-2-1-3-7-17/h1-15H,(H,26,28). The third-order valence-electron chi connectivity index (χ3n) is 4.79. The summed E-state index contributed by atoms with van der Waals surface area (Å²) < 4.78 is 0. The number of nitrogens with zero attached hydrogens (tertiary/aromatic N) is 2. The van der Waals surface area contributed by atoms with E-state index in [2.05, 4.69) is 29.7 Å². The molecular weight excluding hydrogens is 366 g/mol. The van der Waals surface area contributed by atoms with E-state index >= 15 is 0 Å². The smallest absolute Gasteiger partial charge is 0.154 e. The second-order valence-electron chi connectivity index (χ2n) is 6.62. The van der Waals surface area contributed by atoms with Crippen molar-refractivity contribution in [2.24, 2.45) is 10.1 Å². The van der Waals surface area contributed by atoms with Gasteiger partial charge in [0.15, 0.2) is 5.84 Å². The molecule has 0 atom stereocenters. The van der Waals surface area contributed by atoms with Crippen molar-refractivity contribution < 1.29 is 0 Å². The van der Waals surface area contributed by atoms with Gasteiger partial charge in [-0.3, -0.25) is 5.43 Å². The average Bonchev–Trinajstić information content (AvgIpc) is 2.93. The molecule has 0 radical (unpaired) electrons. The Bertz CT molecular complexity index is 1230. The maximum atomic E-state index is 6.09. The van der Waals surface area contributed by atoms with E-state index in [4.69, 9.17) is 21.7 Å². The molecule has 0 fully saturated rings. The number of hydrazone groups is 1. The molecule has 1 aliphatic heterocycles. The van der Waals surface area contributed by atoms with E-state index in [-0.39, 0.29) is 0 Å². The van der Waals surface area contributed by atoms with E-state index in [0.29, 0.717) is 5.02 Å². The summed E-state index contributed by atoms with van der Waals surface area (Å²) in [6.45, 7) is 0. The molecular formula is C24H16ClN3. The van der Waals surface area contributed by atoms with E-state index in [9.17, 15) is 0 Å². The summed E-state index contributed by atoms with van der Waals surface area (Å²) >= 11 is 6.09. The van der Waals surface area contributed by atoms with E-state index in [1.54, 1.807) is 0 Å². The Balaban J connectivity index is 1.75. The zero-order valence-corrected chi connectivity index (χ0v) is 15.7. The molecule has 0 saturated carbocycles. The van der Waals surface area contributed by atoms with Crippen LogP contribution >= 0.6 is 11.6 Å². The van der Waals surface area contributed by atoms with Crippen LogP contribution in [0.3, 0.4) is 0 Å². The van der Waals surface area contributed by atoms with Crippen molar-refractivity contribution in [3.05, 3.63) is 113 Å². The minimum Gasteiger partial charge on any atom is -0.260 e. The van der Waals surface area contributed by atoms with Crippen molar-refractivity contribution in [1.29, 1.82) is 0 Å². The second-order valence-corrected chi connectivity index (χ2v) is 7.06. The predicted molar refractivity (Wildman–Crippen MR) is 117 cm³/mol. The first-order chi connectivity index (χ1) is 13.8. The Hall–Kier alpha value is -3.43. The molecule has 0 aliphatic carbocycles. The van der Waals surface area contributed by atoms with Gasteiger partial charge < -0.3 is 0 Å². The molecule has 1 N–H and O–H groups in total. The predicted octanol–water partition coefficient (Wildman–Crippen LogP) is 5.93. The van der Waals surface area contributed by atoms with Crippen LogP contribution < -0.4 is 5.43 Å². The molecule has 0 spiro atoms. The van der Waals surface area contributed by atoms with Crippen LogP contribution in [0.1, 0.15) is 16.7 Å². The Kier molecular flexibility index (Phi) is 4.15. The monoisotopic (exact) mass is 381 g/mol. The van der Waals surface area contributed by atoms with Gasteiger partial charge in [0, 0.05) is 21.7 Å². The third-order valence-corrected chi connectivity index (χ3v) is 5.04. The fraction of sp³-hybridized carbons (Fsp3) is 0. The lowest BCUT2D eigenvalue weighted by Crippen LogP contribution is -2.19. The van der Waals surface area contributed by atoms with Gasteiger partial charge in [-0.25, -0.2) is 4.99 Å². The summed E-state index contributed by atoms with van der Waals surface area (Å²) in [5.74, 6) is 0.723. The van der Waals surface area contributed by atoms with E-state index in [0.717, 1.165) is 44.7 Å². The molecule has 0 unspecified atom stereocenters. The Morgan fingerprint density at radius 3 is 2.11 bits per heavy atom. The van der Waals surface area contributed by atoms with Gasteiger partial charge in [-0.15, -0.1) is 0 Å². The van der Waals surface area contributed by atoms with Crippen LogP contribution in [0.15, 0.2) is 101 Å². The number of rotatable bonds is 2. The van der Waals surface area contributed by atoms with Crippen LogP contribution in [-0.4, -0.2) is 11.5 Å². The maximum absolute atomic E-state index is 6.09. The molecule has 0 bridgehead atoms. The van der Waals surface area contributed by atoms with E-state index in [1.165, 1.54) is 0 Å². The number of fused-ring (bicyclic) bond motifs is 2. The topological polar surface area (TPSA) is 36.8 Å². The highest BCUT2D eigenvalue weighted by atomic mass is 35.5. The summed E-state index contributed by atoms with van der Waals surface area (Å²) in [7, 11) is 0. The van der Waals surface area contributed by atoms with Crippen LogP contribution in [0.5, 0.6) is 0 Å². The molecule has 1 heterocycles. The van der Waals surface area contributed by atoms with Crippen molar-refractivity contribution in [2.45, 2.75) is 0 Å². The highest BCUT2D eigenvalue weighted by Gasteiger charge is 2.18. The lowest BCUT2D eigenvalue weighted by molar-refractivity contribution is 1.03. The molecule has 0 aromatic heterocycles. The number of halogens is 1. The number of benzene rings is 4. The van der Waals surface area contributed by atoms with Crippen LogP contribution in [0.2, 0.25) is 5.02 Å². The molecule has 0 saturated heterocycles. The van der Waals surface area contributed by atoms with Crippen molar-refractivity contribution in [1.82, 2.24) is 5.43 Å². The van der Waals surface area contributed by atoms with E-state index < -0.39 is 0 Å². The highest BCUT2D eigenvalue weighted by molar-refractivity contribution is 6.30. The molecule has 134 valence electrons. The summed E-state index contributed by atoms with van der Waals surface area (Å²) in [5, 5.41) is 7.72. The minimum atomic E-state index is 0.700. The van der Waals surface area contributed by atoms with Crippen molar-refractivity contribution in [2.75, 3.05) is 0 Å². The summed E-state index contributed by atoms with van der Waals surface area (Å²) in [4.78, 5) is 4.92. The van der Waals surface area contributed by atoms with Crippen LogP contribution in [-0.2, 0) is 0 Å². The van der Waals surface area contributed by atoms with Crippen LogP contribution in [0.25, 0.3) is 10.8 Å². The van der Waals surface area contributed by atoms with Gasteiger partial charge in [0.05, 0.1) is 11.4 Å². The number of hydrogen-bond acceptors (Lipinski definition) is 3.